The van der Waals surface area contributed by atoms with E-state index < -0.39 is 11.4 Å². The van der Waals surface area contributed by atoms with Crippen molar-refractivity contribution in [3.63, 3.8) is 0 Å². The van der Waals surface area contributed by atoms with Gasteiger partial charge in [-0.05, 0) is 31.2 Å². The SMILES string of the molecule is COC(=O)c1nn(-c2ccc(Cl)cc2)cc(C)c1=O. The lowest BCUT2D eigenvalue weighted by molar-refractivity contribution is 0.0590. The molecule has 0 bridgehead atoms. The summed E-state index contributed by atoms with van der Waals surface area (Å²) in [4.78, 5) is 23.3. The molecule has 5 nitrogen and oxygen atoms in total. The summed E-state index contributed by atoms with van der Waals surface area (Å²) in [6.45, 7) is 1.61. The number of hydrogen-bond acceptors (Lipinski definition) is 4. The third kappa shape index (κ3) is 2.66. The topological polar surface area (TPSA) is 61.2 Å². The molecular formula is C13H11ClN2O3. The molecule has 19 heavy (non-hydrogen) atoms. The Kier molecular flexibility index (Phi) is 3.66. The van der Waals surface area contributed by atoms with Crippen molar-refractivity contribution >= 4 is 17.6 Å². The van der Waals surface area contributed by atoms with Gasteiger partial charge < -0.3 is 4.74 Å². The van der Waals surface area contributed by atoms with Crippen molar-refractivity contribution in [3.8, 4) is 5.69 Å². The molecule has 6 heteroatoms. The van der Waals surface area contributed by atoms with E-state index in [-0.39, 0.29) is 5.69 Å². The molecule has 2 rings (SSSR count). The Balaban J connectivity index is 2.59. The highest BCUT2D eigenvalue weighted by molar-refractivity contribution is 6.30. The average molecular weight is 279 g/mol. The Hall–Kier alpha value is -2.14. The van der Waals surface area contributed by atoms with Crippen LogP contribution in [-0.4, -0.2) is 22.9 Å². The number of ether oxygens (including phenoxy) is 1. The van der Waals surface area contributed by atoms with Gasteiger partial charge in [-0.25, -0.2) is 9.48 Å². The minimum Gasteiger partial charge on any atom is -0.464 e. The zero-order valence-electron chi connectivity index (χ0n) is 10.4. The third-order valence-corrected chi connectivity index (χ3v) is 2.82. The molecule has 0 unspecified atom stereocenters. The molecule has 0 saturated carbocycles. The number of aromatic nitrogens is 2. The Bertz CT molecular complexity index is 677. The monoisotopic (exact) mass is 278 g/mol. The number of benzene rings is 1. The summed E-state index contributed by atoms with van der Waals surface area (Å²) >= 11 is 5.81. The van der Waals surface area contributed by atoms with Crippen molar-refractivity contribution in [1.82, 2.24) is 9.78 Å². The standard InChI is InChI=1S/C13H11ClN2O3/c1-8-7-16(10-5-3-9(14)4-6-10)15-11(12(8)17)13(18)19-2/h3-7H,1-2H3. The van der Waals surface area contributed by atoms with Gasteiger partial charge in [0.25, 0.3) is 0 Å². The van der Waals surface area contributed by atoms with Gasteiger partial charge >= 0.3 is 5.97 Å². The highest BCUT2D eigenvalue weighted by Gasteiger charge is 2.15. The number of carbonyl (C=O) groups excluding carboxylic acids is 1. The number of hydrogen-bond donors (Lipinski definition) is 0. The molecule has 0 saturated heterocycles. The molecule has 0 aliphatic carbocycles. The van der Waals surface area contributed by atoms with E-state index in [0.717, 1.165) is 0 Å². The van der Waals surface area contributed by atoms with E-state index in [0.29, 0.717) is 16.3 Å². The molecule has 1 aromatic carbocycles. The minimum absolute atomic E-state index is 0.238. The first-order chi connectivity index (χ1) is 9.02. The predicted octanol–water partition coefficient (Wildman–Crippen LogP) is 1.98. The number of carbonyl (C=O) groups is 1. The van der Waals surface area contributed by atoms with Crippen LogP contribution in [0.25, 0.3) is 5.69 Å². The van der Waals surface area contributed by atoms with Crippen LogP contribution in [0.15, 0.2) is 35.3 Å². The number of methoxy groups -OCH3 is 1. The van der Waals surface area contributed by atoms with E-state index >= 15 is 0 Å². The fourth-order valence-corrected chi connectivity index (χ4v) is 1.69. The van der Waals surface area contributed by atoms with E-state index in [4.69, 9.17) is 11.6 Å². The second-order valence-electron chi connectivity index (χ2n) is 3.90. The van der Waals surface area contributed by atoms with Gasteiger partial charge in [-0.1, -0.05) is 11.6 Å². The van der Waals surface area contributed by atoms with Crippen molar-refractivity contribution < 1.29 is 9.53 Å². The summed E-state index contributed by atoms with van der Waals surface area (Å²) in [6.07, 6.45) is 1.55. The molecule has 0 atom stereocenters. The number of rotatable bonds is 2. The molecule has 0 radical (unpaired) electrons. The maximum absolute atomic E-state index is 11.8. The first kappa shape index (κ1) is 13.3. The largest absolute Gasteiger partial charge is 0.464 e. The Morgan fingerprint density at radius 3 is 2.53 bits per heavy atom. The predicted molar refractivity (Wildman–Crippen MR) is 70.9 cm³/mol. The van der Waals surface area contributed by atoms with Gasteiger partial charge in [0.1, 0.15) is 0 Å². The molecule has 98 valence electrons. The van der Waals surface area contributed by atoms with Crippen LogP contribution in [0.1, 0.15) is 16.1 Å². The molecule has 0 aliphatic heterocycles. The van der Waals surface area contributed by atoms with Crippen LogP contribution in [0.3, 0.4) is 0 Å². The van der Waals surface area contributed by atoms with Crippen LogP contribution in [0.4, 0.5) is 0 Å². The van der Waals surface area contributed by atoms with E-state index in [1.807, 2.05) is 0 Å². The molecule has 0 fully saturated rings. The van der Waals surface area contributed by atoms with Crippen LogP contribution < -0.4 is 5.43 Å². The van der Waals surface area contributed by atoms with Crippen molar-refractivity contribution in [1.29, 1.82) is 0 Å². The summed E-state index contributed by atoms with van der Waals surface area (Å²) in [5, 5.41) is 4.58. The normalized spacial score (nSPS) is 10.3. The zero-order valence-corrected chi connectivity index (χ0v) is 11.1. The van der Waals surface area contributed by atoms with Crippen molar-refractivity contribution in [2.24, 2.45) is 0 Å². The summed E-state index contributed by atoms with van der Waals surface area (Å²) in [6, 6.07) is 6.87. The van der Waals surface area contributed by atoms with Gasteiger partial charge in [0.2, 0.25) is 11.1 Å². The fraction of sp³-hybridized carbons (Fsp3) is 0.154. The first-order valence-corrected chi connectivity index (χ1v) is 5.85. The summed E-state index contributed by atoms with van der Waals surface area (Å²) in [7, 11) is 1.21. The van der Waals surface area contributed by atoms with Gasteiger partial charge in [-0.15, -0.1) is 0 Å². The minimum atomic E-state index is -0.753. The molecular weight excluding hydrogens is 268 g/mol. The third-order valence-electron chi connectivity index (χ3n) is 2.57. The van der Waals surface area contributed by atoms with E-state index in [1.165, 1.54) is 11.8 Å². The summed E-state index contributed by atoms with van der Waals surface area (Å²) in [5.41, 5.74) is 0.428. The number of esters is 1. The van der Waals surface area contributed by atoms with Gasteiger partial charge in [0.15, 0.2) is 0 Å². The van der Waals surface area contributed by atoms with Crippen LogP contribution in [0, 0.1) is 6.92 Å². The Morgan fingerprint density at radius 2 is 1.95 bits per heavy atom. The molecule has 1 aromatic heterocycles. The Labute approximate surface area is 114 Å². The van der Waals surface area contributed by atoms with Crippen LogP contribution in [0.5, 0.6) is 0 Å². The Morgan fingerprint density at radius 1 is 1.32 bits per heavy atom. The quantitative estimate of drug-likeness (QED) is 0.788. The van der Waals surface area contributed by atoms with Crippen LogP contribution in [-0.2, 0) is 4.74 Å². The van der Waals surface area contributed by atoms with E-state index in [2.05, 4.69) is 9.84 Å². The number of halogens is 1. The molecule has 0 amide bonds. The smallest absolute Gasteiger partial charge is 0.362 e. The van der Waals surface area contributed by atoms with Crippen molar-refractivity contribution in [3.05, 3.63) is 57.0 Å². The molecule has 1 heterocycles. The molecule has 0 spiro atoms. The van der Waals surface area contributed by atoms with E-state index in [9.17, 15) is 9.59 Å². The van der Waals surface area contributed by atoms with Gasteiger partial charge in [0, 0.05) is 16.8 Å². The summed E-state index contributed by atoms with van der Waals surface area (Å²) in [5.74, 6) is -0.753. The lowest BCUT2D eigenvalue weighted by Crippen LogP contribution is -2.24. The fourth-order valence-electron chi connectivity index (χ4n) is 1.57. The first-order valence-electron chi connectivity index (χ1n) is 5.48. The van der Waals surface area contributed by atoms with E-state index in [1.54, 1.807) is 37.4 Å². The van der Waals surface area contributed by atoms with Gasteiger partial charge in [-0.3, -0.25) is 4.79 Å². The highest BCUT2D eigenvalue weighted by atomic mass is 35.5. The lowest BCUT2D eigenvalue weighted by Gasteiger charge is -2.08. The molecule has 0 aliphatic rings. The maximum Gasteiger partial charge on any atom is 0.362 e. The van der Waals surface area contributed by atoms with Crippen molar-refractivity contribution in [2.75, 3.05) is 7.11 Å². The second kappa shape index (κ2) is 5.24. The molecule has 0 N–H and O–H groups in total. The van der Waals surface area contributed by atoms with Gasteiger partial charge in [-0.2, -0.15) is 5.10 Å². The average Bonchev–Trinajstić information content (AvgIpc) is 2.41. The number of aryl methyl sites for hydroxylation is 1. The van der Waals surface area contributed by atoms with Crippen LogP contribution in [0.2, 0.25) is 5.02 Å². The molecule has 2 aromatic rings. The van der Waals surface area contributed by atoms with Crippen molar-refractivity contribution in [2.45, 2.75) is 6.92 Å². The van der Waals surface area contributed by atoms with Crippen LogP contribution >= 0.6 is 11.6 Å². The zero-order chi connectivity index (χ0) is 14.0. The highest BCUT2D eigenvalue weighted by Crippen LogP contribution is 2.12. The van der Waals surface area contributed by atoms with Gasteiger partial charge in [0.05, 0.1) is 12.8 Å². The summed E-state index contributed by atoms with van der Waals surface area (Å²) < 4.78 is 5.99. The lowest BCUT2D eigenvalue weighted by atomic mass is 10.2. The maximum atomic E-state index is 11.8. The second-order valence-corrected chi connectivity index (χ2v) is 4.34. The number of nitrogens with zero attached hydrogens (tertiary/aromatic N) is 2.